The molecule has 1 unspecified atom stereocenters. The van der Waals surface area contributed by atoms with Crippen LogP contribution in [0.4, 0.5) is 0 Å². The first-order chi connectivity index (χ1) is 14.7. The van der Waals surface area contributed by atoms with Gasteiger partial charge in [-0.15, -0.1) is 0 Å². The van der Waals surface area contributed by atoms with Gasteiger partial charge in [0.15, 0.2) is 0 Å². The summed E-state index contributed by atoms with van der Waals surface area (Å²) >= 11 is 0. The monoisotopic (exact) mass is 388 g/mol. The molecule has 6 rings (SSSR count). The van der Waals surface area contributed by atoms with Crippen molar-refractivity contribution in [3.63, 3.8) is 0 Å². The Kier molecular flexibility index (Phi) is 3.86. The lowest BCUT2D eigenvalue weighted by molar-refractivity contribution is 0.646. The van der Waals surface area contributed by atoms with Gasteiger partial charge in [0.25, 0.3) is 0 Å². The van der Waals surface area contributed by atoms with E-state index < -0.39 is 0 Å². The molecule has 1 aliphatic carbocycles. The van der Waals surface area contributed by atoms with Crippen molar-refractivity contribution in [1.29, 1.82) is 0 Å². The number of benzene rings is 4. The summed E-state index contributed by atoms with van der Waals surface area (Å²) in [6.45, 7) is 4.51. The zero-order valence-corrected chi connectivity index (χ0v) is 17.4. The molecule has 0 amide bonds. The molecule has 1 atom stereocenters. The molecule has 1 aliphatic rings. The minimum Gasteiger partial charge on any atom is -0.455 e. The van der Waals surface area contributed by atoms with Crippen molar-refractivity contribution in [3.8, 4) is 22.3 Å². The molecule has 1 heteroatoms. The third-order valence-electron chi connectivity index (χ3n) is 6.81. The fourth-order valence-electron chi connectivity index (χ4n) is 4.97. The quantitative estimate of drug-likeness (QED) is 0.297. The number of furan rings is 1. The van der Waals surface area contributed by atoms with Crippen LogP contribution in [0.2, 0.25) is 0 Å². The fourth-order valence-corrected chi connectivity index (χ4v) is 4.97. The van der Waals surface area contributed by atoms with Crippen LogP contribution in [0.25, 0.3) is 44.2 Å². The van der Waals surface area contributed by atoms with Crippen molar-refractivity contribution in [1.82, 2.24) is 0 Å². The summed E-state index contributed by atoms with van der Waals surface area (Å²) in [6, 6.07) is 28.7. The lowest BCUT2D eigenvalue weighted by Crippen LogP contribution is -1.90. The Hall–Kier alpha value is -3.32. The predicted molar refractivity (Wildman–Crippen MR) is 126 cm³/mol. The molecule has 0 aliphatic heterocycles. The average Bonchev–Trinajstić information content (AvgIpc) is 3.36. The lowest BCUT2D eigenvalue weighted by atomic mass is 9.95. The Morgan fingerprint density at radius 2 is 1.47 bits per heavy atom. The van der Waals surface area contributed by atoms with E-state index in [2.05, 4.69) is 92.7 Å². The van der Waals surface area contributed by atoms with Gasteiger partial charge in [0, 0.05) is 16.3 Å². The van der Waals surface area contributed by atoms with Gasteiger partial charge in [0.1, 0.15) is 11.2 Å². The Labute approximate surface area is 177 Å². The summed E-state index contributed by atoms with van der Waals surface area (Å²) in [4.78, 5) is 0. The normalized spacial score (nSPS) is 13.5. The highest BCUT2D eigenvalue weighted by Gasteiger charge is 2.20. The second kappa shape index (κ2) is 6.60. The Bertz CT molecular complexity index is 1420. The van der Waals surface area contributed by atoms with E-state index >= 15 is 0 Å². The van der Waals surface area contributed by atoms with Crippen LogP contribution < -0.4 is 0 Å². The lowest BCUT2D eigenvalue weighted by Gasteiger charge is -2.08. The summed E-state index contributed by atoms with van der Waals surface area (Å²) in [5.74, 6) is 0.481. The molecular weight excluding hydrogens is 364 g/mol. The molecule has 1 nitrogen and oxygen atoms in total. The standard InChI is InChI=1S/C29H24O/c1-3-18(2)22-10-6-12-25-26-13-7-11-24(29(26)30-28(22)25)21-15-14-20-16-19-8-4-5-9-23(19)27(20)17-21/h4-15,17-18H,3,16H2,1-2H3. The smallest absolute Gasteiger partial charge is 0.143 e. The van der Waals surface area contributed by atoms with E-state index in [-0.39, 0.29) is 0 Å². The molecule has 1 heterocycles. The molecule has 0 saturated heterocycles. The van der Waals surface area contributed by atoms with Crippen molar-refractivity contribution in [2.45, 2.75) is 32.6 Å². The maximum absolute atomic E-state index is 6.58. The first-order valence-electron chi connectivity index (χ1n) is 10.9. The highest BCUT2D eigenvalue weighted by Crippen LogP contribution is 2.42. The van der Waals surface area contributed by atoms with Crippen LogP contribution in [0.5, 0.6) is 0 Å². The molecule has 5 aromatic rings. The second-order valence-corrected chi connectivity index (χ2v) is 8.52. The zero-order chi connectivity index (χ0) is 20.2. The van der Waals surface area contributed by atoms with Gasteiger partial charge in [-0.2, -0.15) is 0 Å². The molecule has 0 radical (unpaired) electrons. The summed E-state index contributed by atoms with van der Waals surface area (Å²) in [6.07, 6.45) is 2.13. The second-order valence-electron chi connectivity index (χ2n) is 8.52. The van der Waals surface area contributed by atoms with Gasteiger partial charge < -0.3 is 4.42 Å². The van der Waals surface area contributed by atoms with Gasteiger partial charge in [-0.1, -0.05) is 86.6 Å². The summed E-state index contributed by atoms with van der Waals surface area (Å²) < 4.78 is 6.58. The van der Waals surface area contributed by atoms with Gasteiger partial charge >= 0.3 is 0 Å². The average molecular weight is 389 g/mol. The molecule has 4 aromatic carbocycles. The van der Waals surface area contributed by atoms with Crippen molar-refractivity contribution >= 4 is 21.9 Å². The number of para-hydroxylation sites is 2. The highest BCUT2D eigenvalue weighted by atomic mass is 16.3. The zero-order valence-electron chi connectivity index (χ0n) is 17.4. The molecule has 30 heavy (non-hydrogen) atoms. The largest absolute Gasteiger partial charge is 0.455 e. The van der Waals surface area contributed by atoms with Crippen LogP contribution in [0.15, 0.2) is 83.3 Å². The molecule has 0 bridgehead atoms. The van der Waals surface area contributed by atoms with Gasteiger partial charge in [0.2, 0.25) is 0 Å². The van der Waals surface area contributed by atoms with Gasteiger partial charge in [-0.3, -0.25) is 0 Å². The summed E-state index contributed by atoms with van der Waals surface area (Å²) in [7, 11) is 0. The molecule has 0 N–H and O–H groups in total. The highest BCUT2D eigenvalue weighted by molar-refractivity contribution is 6.10. The van der Waals surface area contributed by atoms with E-state index in [1.807, 2.05) is 0 Å². The fraction of sp³-hybridized carbons (Fsp3) is 0.172. The first kappa shape index (κ1) is 17.5. The van der Waals surface area contributed by atoms with Crippen molar-refractivity contribution in [2.24, 2.45) is 0 Å². The third-order valence-corrected chi connectivity index (χ3v) is 6.81. The van der Waals surface area contributed by atoms with Gasteiger partial charge in [-0.25, -0.2) is 0 Å². The first-order valence-corrected chi connectivity index (χ1v) is 10.9. The van der Waals surface area contributed by atoms with E-state index in [0.717, 1.165) is 24.0 Å². The van der Waals surface area contributed by atoms with Crippen molar-refractivity contribution in [3.05, 3.63) is 95.6 Å². The maximum atomic E-state index is 6.58. The van der Waals surface area contributed by atoms with Crippen LogP contribution >= 0.6 is 0 Å². The summed E-state index contributed by atoms with van der Waals surface area (Å²) in [5.41, 5.74) is 11.3. The van der Waals surface area contributed by atoms with E-state index in [1.54, 1.807) is 0 Å². The summed E-state index contributed by atoms with van der Waals surface area (Å²) in [5, 5.41) is 2.42. The maximum Gasteiger partial charge on any atom is 0.143 e. The van der Waals surface area contributed by atoms with E-state index in [0.29, 0.717) is 5.92 Å². The van der Waals surface area contributed by atoms with Crippen LogP contribution in [-0.4, -0.2) is 0 Å². The topological polar surface area (TPSA) is 13.1 Å². The SMILES string of the molecule is CCC(C)c1cccc2c1oc1c(-c3ccc4c(c3)-c3ccccc3C4)cccc12. The molecular formula is C29H24O. The van der Waals surface area contributed by atoms with Gasteiger partial charge in [-0.05, 0) is 58.2 Å². The Morgan fingerprint density at radius 3 is 2.33 bits per heavy atom. The van der Waals surface area contributed by atoms with Crippen molar-refractivity contribution < 1.29 is 4.42 Å². The molecule has 0 saturated carbocycles. The molecule has 146 valence electrons. The number of hydrogen-bond donors (Lipinski definition) is 0. The van der Waals surface area contributed by atoms with Crippen LogP contribution in [0, 0.1) is 0 Å². The number of hydrogen-bond acceptors (Lipinski definition) is 1. The molecule has 0 fully saturated rings. The molecule has 0 spiro atoms. The van der Waals surface area contributed by atoms with Crippen LogP contribution in [0.3, 0.4) is 0 Å². The van der Waals surface area contributed by atoms with Crippen LogP contribution in [0.1, 0.15) is 42.9 Å². The Morgan fingerprint density at radius 1 is 0.733 bits per heavy atom. The van der Waals surface area contributed by atoms with Gasteiger partial charge in [0.05, 0.1) is 0 Å². The van der Waals surface area contributed by atoms with E-state index in [9.17, 15) is 0 Å². The third kappa shape index (κ3) is 2.48. The minimum atomic E-state index is 0.481. The Balaban J connectivity index is 1.58. The minimum absolute atomic E-state index is 0.481. The van der Waals surface area contributed by atoms with Crippen LogP contribution in [-0.2, 0) is 6.42 Å². The van der Waals surface area contributed by atoms with Crippen molar-refractivity contribution in [2.75, 3.05) is 0 Å². The van der Waals surface area contributed by atoms with E-state index in [1.165, 1.54) is 49.7 Å². The predicted octanol–water partition coefficient (Wildman–Crippen LogP) is 8.34. The number of rotatable bonds is 3. The molecule has 1 aromatic heterocycles. The number of fused-ring (bicyclic) bond motifs is 6. The van der Waals surface area contributed by atoms with E-state index in [4.69, 9.17) is 4.42 Å².